The van der Waals surface area contributed by atoms with Crippen molar-refractivity contribution in [1.29, 1.82) is 0 Å². The predicted octanol–water partition coefficient (Wildman–Crippen LogP) is 2.33. The zero-order chi connectivity index (χ0) is 16.0. The lowest BCUT2D eigenvalue weighted by Crippen LogP contribution is -2.45. The van der Waals surface area contributed by atoms with Crippen LogP contribution in [0.25, 0.3) is 0 Å². The maximum absolute atomic E-state index is 5.89. The van der Waals surface area contributed by atoms with Gasteiger partial charge in [-0.25, -0.2) is 9.98 Å². The molecule has 5 heteroatoms. The van der Waals surface area contributed by atoms with Crippen LogP contribution in [0.3, 0.4) is 0 Å². The van der Waals surface area contributed by atoms with Crippen molar-refractivity contribution >= 4 is 5.96 Å². The van der Waals surface area contributed by atoms with E-state index in [9.17, 15) is 0 Å². The monoisotopic (exact) mass is 299 g/mol. The maximum atomic E-state index is 5.89. The first-order valence-electron chi connectivity index (χ1n) is 7.56. The van der Waals surface area contributed by atoms with Crippen molar-refractivity contribution < 1.29 is 0 Å². The van der Waals surface area contributed by atoms with E-state index in [1.54, 1.807) is 0 Å². The zero-order valence-corrected chi connectivity index (χ0v) is 13.6. The van der Waals surface area contributed by atoms with E-state index in [4.69, 9.17) is 5.73 Å². The van der Waals surface area contributed by atoms with Gasteiger partial charge in [-0.3, -0.25) is 0 Å². The second kappa shape index (κ2) is 7.11. The highest BCUT2D eigenvalue weighted by atomic mass is 15.1. The van der Waals surface area contributed by atoms with E-state index >= 15 is 0 Å². The quantitative estimate of drug-likeness (QED) is 0.657. The molecule has 2 rings (SSSR count). The molecule has 118 valence electrons. The third kappa shape index (κ3) is 5.24. The summed E-state index contributed by atoms with van der Waals surface area (Å²) < 4.78 is 2.13. The summed E-state index contributed by atoms with van der Waals surface area (Å²) in [5.41, 5.74) is 7.13. The molecule has 1 heterocycles. The average molecular weight is 299 g/mol. The van der Waals surface area contributed by atoms with E-state index in [0.29, 0.717) is 12.5 Å². The van der Waals surface area contributed by atoms with E-state index in [1.165, 1.54) is 5.56 Å². The Hall–Kier alpha value is -2.30. The number of nitrogens with one attached hydrogen (secondary N) is 1. The van der Waals surface area contributed by atoms with Crippen molar-refractivity contribution in [3.63, 3.8) is 0 Å². The van der Waals surface area contributed by atoms with Crippen LogP contribution >= 0.6 is 0 Å². The highest BCUT2D eigenvalue weighted by molar-refractivity contribution is 5.78. The number of imidazole rings is 1. The van der Waals surface area contributed by atoms with Crippen LogP contribution in [-0.2, 0) is 19.5 Å². The number of aliphatic imine (C=N–C) groups is 1. The fraction of sp³-hybridized carbons (Fsp3) is 0.412. The van der Waals surface area contributed by atoms with Gasteiger partial charge in [0.25, 0.3) is 0 Å². The molecular formula is C17H25N5. The second-order valence-corrected chi connectivity index (χ2v) is 6.35. The number of benzene rings is 1. The standard InChI is InChI=1S/C17H25N5/c1-17(2,3)21-16(18)20-13-15-19-10-12-22(15)11-9-14-7-5-4-6-8-14/h4-8,10,12H,9,11,13H2,1-3H3,(H3,18,20,21). The normalized spacial score (nSPS) is 12.4. The van der Waals surface area contributed by atoms with Crippen molar-refractivity contribution in [2.24, 2.45) is 10.7 Å². The van der Waals surface area contributed by atoms with Crippen molar-refractivity contribution in [3.8, 4) is 0 Å². The van der Waals surface area contributed by atoms with Crippen LogP contribution in [0.15, 0.2) is 47.7 Å². The Morgan fingerprint density at radius 2 is 2.00 bits per heavy atom. The van der Waals surface area contributed by atoms with E-state index in [1.807, 2.05) is 18.5 Å². The Kier molecular flexibility index (Phi) is 5.20. The molecule has 0 saturated heterocycles. The first-order chi connectivity index (χ1) is 10.4. The van der Waals surface area contributed by atoms with Crippen LogP contribution in [-0.4, -0.2) is 21.0 Å². The van der Waals surface area contributed by atoms with Gasteiger partial charge in [-0.15, -0.1) is 0 Å². The Balaban J connectivity index is 1.93. The molecule has 0 radical (unpaired) electrons. The van der Waals surface area contributed by atoms with Crippen molar-refractivity contribution in [2.45, 2.75) is 45.8 Å². The molecule has 0 unspecified atom stereocenters. The minimum Gasteiger partial charge on any atom is -0.370 e. The van der Waals surface area contributed by atoms with Crippen LogP contribution < -0.4 is 11.1 Å². The third-order valence-corrected chi connectivity index (χ3v) is 3.18. The number of guanidine groups is 1. The first kappa shape index (κ1) is 16.1. The fourth-order valence-corrected chi connectivity index (χ4v) is 2.17. The number of rotatable bonds is 5. The topological polar surface area (TPSA) is 68.2 Å². The molecule has 5 nitrogen and oxygen atoms in total. The highest BCUT2D eigenvalue weighted by Gasteiger charge is 2.10. The van der Waals surface area contributed by atoms with Gasteiger partial charge < -0.3 is 15.6 Å². The van der Waals surface area contributed by atoms with Gasteiger partial charge >= 0.3 is 0 Å². The number of aromatic nitrogens is 2. The maximum Gasteiger partial charge on any atom is 0.189 e. The Morgan fingerprint density at radius 1 is 1.27 bits per heavy atom. The molecule has 0 amide bonds. The number of hydrogen-bond donors (Lipinski definition) is 2. The molecule has 0 fully saturated rings. The smallest absolute Gasteiger partial charge is 0.189 e. The molecule has 1 aromatic carbocycles. The highest BCUT2D eigenvalue weighted by Crippen LogP contribution is 2.05. The van der Waals surface area contributed by atoms with E-state index in [-0.39, 0.29) is 5.54 Å². The number of aryl methyl sites for hydroxylation is 2. The Bertz CT molecular complexity index is 607. The molecule has 22 heavy (non-hydrogen) atoms. The summed E-state index contributed by atoms with van der Waals surface area (Å²) in [6, 6.07) is 10.4. The van der Waals surface area contributed by atoms with Crippen LogP contribution in [0.2, 0.25) is 0 Å². The second-order valence-electron chi connectivity index (χ2n) is 6.35. The number of hydrogen-bond acceptors (Lipinski definition) is 2. The van der Waals surface area contributed by atoms with E-state index in [2.05, 4.69) is 64.9 Å². The van der Waals surface area contributed by atoms with Gasteiger partial charge in [-0.1, -0.05) is 30.3 Å². The summed E-state index contributed by atoms with van der Waals surface area (Å²) in [4.78, 5) is 8.74. The van der Waals surface area contributed by atoms with Crippen LogP contribution in [0.4, 0.5) is 0 Å². The largest absolute Gasteiger partial charge is 0.370 e. The van der Waals surface area contributed by atoms with Crippen molar-refractivity contribution in [2.75, 3.05) is 0 Å². The molecule has 2 aromatic rings. The van der Waals surface area contributed by atoms with Gasteiger partial charge in [-0.2, -0.15) is 0 Å². The molecule has 3 N–H and O–H groups in total. The summed E-state index contributed by atoms with van der Waals surface area (Å²) >= 11 is 0. The SMILES string of the molecule is CC(C)(C)NC(N)=NCc1nccn1CCc1ccccc1. The summed E-state index contributed by atoms with van der Waals surface area (Å²) in [6.07, 6.45) is 4.77. The fourth-order valence-electron chi connectivity index (χ4n) is 2.17. The van der Waals surface area contributed by atoms with Crippen LogP contribution in [0, 0.1) is 0 Å². The van der Waals surface area contributed by atoms with Crippen LogP contribution in [0.5, 0.6) is 0 Å². The minimum absolute atomic E-state index is 0.0870. The molecule has 0 saturated carbocycles. The lowest BCUT2D eigenvalue weighted by Gasteiger charge is -2.21. The Morgan fingerprint density at radius 3 is 2.68 bits per heavy atom. The summed E-state index contributed by atoms with van der Waals surface area (Å²) in [5, 5.41) is 3.15. The Labute approximate surface area is 132 Å². The number of nitrogens with two attached hydrogens (primary N) is 1. The minimum atomic E-state index is -0.0870. The van der Waals surface area contributed by atoms with Gasteiger partial charge in [0.2, 0.25) is 0 Å². The molecule has 1 aromatic heterocycles. The molecule has 0 aliphatic carbocycles. The van der Waals surface area contributed by atoms with Gasteiger partial charge in [0.05, 0.1) is 0 Å². The zero-order valence-electron chi connectivity index (χ0n) is 13.6. The van der Waals surface area contributed by atoms with E-state index < -0.39 is 0 Å². The molecular weight excluding hydrogens is 274 g/mol. The number of nitrogens with zero attached hydrogens (tertiary/aromatic N) is 3. The lowest BCUT2D eigenvalue weighted by atomic mass is 10.1. The molecule has 0 aliphatic rings. The molecule has 0 aliphatic heterocycles. The third-order valence-electron chi connectivity index (χ3n) is 3.18. The summed E-state index contributed by atoms with van der Waals surface area (Å²) in [6.45, 7) is 7.53. The van der Waals surface area contributed by atoms with Gasteiger partial charge in [-0.05, 0) is 32.8 Å². The lowest BCUT2D eigenvalue weighted by molar-refractivity contribution is 0.507. The van der Waals surface area contributed by atoms with Gasteiger partial charge in [0.1, 0.15) is 12.4 Å². The van der Waals surface area contributed by atoms with Crippen molar-refractivity contribution in [3.05, 3.63) is 54.1 Å². The van der Waals surface area contributed by atoms with Gasteiger partial charge in [0, 0.05) is 24.5 Å². The van der Waals surface area contributed by atoms with Gasteiger partial charge in [0.15, 0.2) is 5.96 Å². The first-order valence-corrected chi connectivity index (χ1v) is 7.56. The summed E-state index contributed by atoms with van der Waals surface area (Å²) in [5.74, 6) is 1.37. The predicted molar refractivity (Wildman–Crippen MR) is 90.6 cm³/mol. The average Bonchev–Trinajstić information content (AvgIpc) is 2.90. The van der Waals surface area contributed by atoms with E-state index in [0.717, 1.165) is 18.8 Å². The summed E-state index contributed by atoms with van der Waals surface area (Å²) in [7, 11) is 0. The van der Waals surface area contributed by atoms with Crippen LogP contribution in [0.1, 0.15) is 32.2 Å². The molecule has 0 atom stereocenters. The molecule has 0 bridgehead atoms. The molecule has 0 spiro atoms. The van der Waals surface area contributed by atoms with Crippen molar-refractivity contribution in [1.82, 2.24) is 14.9 Å².